The van der Waals surface area contributed by atoms with Gasteiger partial charge in [-0.3, -0.25) is 0 Å². The van der Waals surface area contributed by atoms with Crippen molar-refractivity contribution in [1.29, 1.82) is 0 Å². The zero-order valence-corrected chi connectivity index (χ0v) is 17.2. The average Bonchev–Trinajstić information content (AvgIpc) is 2.88. The zero-order valence-electron chi connectivity index (χ0n) is 17.2. The third-order valence-electron chi connectivity index (χ3n) is 5.83. The van der Waals surface area contributed by atoms with E-state index in [2.05, 4.69) is 42.8 Å². The van der Waals surface area contributed by atoms with Crippen LogP contribution >= 0.6 is 0 Å². The fourth-order valence-electron chi connectivity index (χ4n) is 4.59. The van der Waals surface area contributed by atoms with Gasteiger partial charge in [-0.15, -0.1) is 0 Å². The van der Waals surface area contributed by atoms with Gasteiger partial charge in [-0.05, 0) is 63.6 Å². The first-order valence-corrected chi connectivity index (χ1v) is 10.1. The molecule has 5 nitrogen and oxygen atoms in total. The molecule has 2 fully saturated rings. The lowest BCUT2D eigenvalue weighted by Gasteiger charge is -2.58. The lowest BCUT2D eigenvalue weighted by Crippen LogP contribution is -2.64. The zero-order chi connectivity index (χ0) is 19.4. The maximum Gasteiger partial charge on any atom is 0.410 e. The summed E-state index contributed by atoms with van der Waals surface area (Å²) in [6.45, 7) is 12.8. The van der Waals surface area contributed by atoms with E-state index in [0.29, 0.717) is 17.3 Å². The lowest BCUT2D eigenvalue weighted by molar-refractivity contribution is -0.0979. The molecule has 1 spiro atoms. The summed E-state index contributed by atoms with van der Waals surface area (Å²) < 4.78 is 7.78. The minimum absolute atomic E-state index is 0.168. The Morgan fingerprint density at radius 1 is 1.26 bits per heavy atom. The Morgan fingerprint density at radius 2 is 1.96 bits per heavy atom. The topological polar surface area (TPSA) is 47.4 Å². The Labute approximate surface area is 161 Å². The van der Waals surface area contributed by atoms with Crippen molar-refractivity contribution in [1.82, 2.24) is 14.5 Å². The van der Waals surface area contributed by atoms with Gasteiger partial charge in [-0.25, -0.2) is 9.78 Å². The van der Waals surface area contributed by atoms with Crippen molar-refractivity contribution in [2.45, 2.75) is 65.5 Å². The van der Waals surface area contributed by atoms with E-state index in [1.54, 1.807) is 0 Å². The fourth-order valence-corrected chi connectivity index (χ4v) is 4.59. The van der Waals surface area contributed by atoms with Gasteiger partial charge in [0.25, 0.3) is 0 Å². The highest BCUT2D eigenvalue weighted by molar-refractivity contribution is 5.76. The molecule has 27 heavy (non-hydrogen) atoms. The van der Waals surface area contributed by atoms with Crippen LogP contribution in [0.5, 0.6) is 0 Å². The molecule has 0 aromatic carbocycles. The number of hydrogen-bond acceptors (Lipinski definition) is 3. The first-order chi connectivity index (χ1) is 12.6. The van der Waals surface area contributed by atoms with Crippen molar-refractivity contribution in [3.8, 4) is 0 Å². The minimum atomic E-state index is -0.417. The van der Waals surface area contributed by atoms with E-state index < -0.39 is 5.60 Å². The van der Waals surface area contributed by atoms with Crippen LogP contribution in [-0.2, 0) is 11.3 Å². The molecule has 0 N–H and O–H groups in total. The summed E-state index contributed by atoms with van der Waals surface area (Å²) in [7, 11) is 0. The number of aromatic nitrogens is 2. The Morgan fingerprint density at radius 3 is 2.59 bits per heavy atom. The van der Waals surface area contributed by atoms with Crippen LogP contribution in [0.25, 0.3) is 11.0 Å². The second-order valence-electron chi connectivity index (χ2n) is 9.88. The molecule has 1 saturated carbocycles. The summed E-state index contributed by atoms with van der Waals surface area (Å²) in [5.41, 5.74) is 2.17. The van der Waals surface area contributed by atoms with E-state index in [0.717, 1.165) is 31.0 Å². The van der Waals surface area contributed by atoms with Crippen LogP contribution in [0.2, 0.25) is 0 Å². The van der Waals surface area contributed by atoms with Crippen molar-refractivity contribution in [3.63, 3.8) is 0 Å². The quantitative estimate of drug-likeness (QED) is 0.780. The molecular weight excluding hydrogens is 338 g/mol. The molecule has 0 atom stereocenters. The predicted octanol–water partition coefficient (Wildman–Crippen LogP) is 4.81. The normalized spacial score (nSPS) is 19.4. The van der Waals surface area contributed by atoms with E-state index >= 15 is 0 Å². The average molecular weight is 370 g/mol. The van der Waals surface area contributed by atoms with Crippen LogP contribution in [0, 0.1) is 11.3 Å². The molecule has 3 heterocycles. The molecule has 0 radical (unpaired) electrons. The van der Waals surface area contributed by atoms with Gasteiger partial charge in [-0.1, -0.05) is 13.8 Å². The first-order valence-electron chi connectivity index (χ1n) is 10.1. The largest absolute Gasteiger partial charge is 0.444 e. The highest BCUT2D eigenvalue weighted by Crippen LogP contribution is 2.52. The molecule has 0 unspecified atom stereocenters. The van der Waals surface area contributed by atoms with Crippen LogP contribution < -0.4 is 0 Å². The molecule has 0 bridgehead atoms. The number of ether oxygens (including phenoxy) is 1. The standard InChI is InChI=1S/C22H31N3O2/c1-15(2)18-7-6-17-8-9-24(19(17)23-18)12-16-10-22(11-16)13-25(14-22)20(26)27-21(3,4)5/h6-9,15-16H,10-14H2,1-5H3. The Balaban J connectivity index is 1.33. The number of rotatable bonds is 3. The van der Waals surface area contributed by atoms with Gasteiger partial charge in [0, 0.05) is 42.3 Å². The SMILES string of the molecule is CC(C)c1ccc2ccn(CC3CC4(C3)CN(C(=O)OC(C)(C)C)C4)c2n1. The Bertz CT molecular complexity index is 848. The molecule has 146 valence electrons. The monoisotopic (exact) mass is 369 g/mol. The molecule has 1 saturated heterocycles. The van der Waals surface area contributed by atoms with Crippen molar-refractivity contribution in [2.24, 2.45) is 11.3 Å². The van der Waals surface area contributed by atoms with Gasteiger partial charge >= 0.3 is 6.09 Å². The van der Waals surface area contributed by atoms with Crippen LogP contribution in [0.15, 0.2) is 24.4 Å². The minimum Gasteiger partial charge on any atom is -0.444 e. The van der Waals surface area contributed by atoms with Gasteiger partial charge in [0.2, 0.25) is 0 Å². The molecule has 2 aliphatic rings. The Hall–Kier alpha value is -2.04. The molecule has 4 rings (SSSR count). The number of nitrogens with zero attached hydrogens (tertiary/aromatic N) is 3. The fraction of sp³-hybridized carbons (Fsp3) is 0.636. The molecule has 1 aliphatic carbocycles. The van der Waals surface area contributed by atoms with Gasteiger partial charge < -0.3 is 14.2 Å². The summed E-state index contributed by atoms with van der Waals surface area (Å²) in [4.78, 5) is 18.9. The predicted molar refractivity (Wildman–Crippen MR) is 107 cm³/mol. The van der Waals surface area contributed by atoms with Gasteiger partial charge in [0.15, 0.2) is 0 Å². The highest BCUT2D eigenvalue weighted by atomic mass is 16.6. The number of likely N-dealkylation sites (tertiary alicyclic amines) is 1. The smallest absolute Gasteiger partial charge is 0.410 e. The first kappa shape index (κ1) is 18.3. The molecule has 2 aromatic heterocycles. The number of fused-ring (bicyclic) bond motifs is 1. The van der Waals surface area contributed by atoms with Crippen molar-refractivity contribution in [3.05, 3.63) is 30.1 Å². The van der Waals surface area contributed by atoms with E-state index in [-0.39, 0.29) is 6.09 Å². The van der Waals surface area contributed by atoms with E-state index in [1.165, 1.54) is 18.2 Å². The second kappa shape index (κ2) is 6.25. The van der Waals surface area contributed by atoms with Crippen molar-refractivity contribution < 1.29 is 9.53 Å². The number of carbonyl (C=O) groups is 1. The van der Waals surface area contributed by atoms with Crippen LogP contribution in [0.1, 0.15) is 59.1 Å². The Kier molecular flexibility index (Phi) is 4.24. The van der Waals surface area contributed by atoms with E-state index in [4.69, 9.17) is 9.72 Å². The van der Waals surface area contributed by atoms with Gasteiger partial charge in [0.05, 0.1) is 0 Å². The van der Waals surface area contributed by atoms with Crippen molar-refractivity contribution in [2.75, 3.05) is 13.1 Å². The highest BCUT2D eigenvalue weighted by Gasteiger charge is 2.54. The van der Waals surface area contributed by atoms with Gasteiger partial charge in [0.1, 0.15) is 11.2 Å². The lowest BCUT2D eigenvalue weighted by atomic mass is 9.58. The summed E-state index contributed by atoms with van der Waals surface area (Å²) in [5.74, 6) is 1.12. The summed E-state index contributed by atoms with van der Waals surface area (Å²) in [5, 5.41) is 1.22. The molecule has 1 amide bonds. The summed E-state index contributed by atoms with van der Waals surface area (Å²) >= 11 is 0. The maximum atomic E-state index is 12.1. The van der Waals surface area contributed by atoms with Crippen molar-refractivity contribution >= 4 is 17.1 Å². The van der Waals surface area contributed by atoms with E-state index in [1.807, 2.05) is 25.7 Å². The van der Waals surface area contributed by atoms with Crippen LogP contribution in [-0.4, -0.2) is 39.2 Å². The summed E-state index contributed by atoms with van der Waals surface area (Å²) in [6, 6.07) is 6.48. The number of carbonyl (C=O) groups excluding carboxylic acids is 1. The number of hydrogen-bond donors (Lipinski definition) is 0. The third-order valence-corrected chi connectivity index (χ3v) is 5.83. The van der Waals surface area contributed by atoms with Gasteiger partial charge in [-0.2, -0.15) is 0 Å². The molecule has 2 aromatic rings. The molecular formula is C22H31N3O2. The molecule has 1 aliphatic heterocycles. The van der Waals surface area contributed by atoms with Crippen LogP contribution in [0.4, 0.5) is 4.79 Å². The summed E-state index contributed by atoms with van der Waals surface area (Å²) in [6.07, 6.45) is 4.38. The van der Waals surface area contributed by atoms with E-state index in [9.17, 15) is 4.79 Å². The second-order valence-corrected chi connectivity index (χ2v) is 9.88. The third kappa shape index (κ3) is 3.56. The maximum absolute atomic E-state index is 12.1. The van der Waals surface area contributed by atoms with Crippen LogP contribution in [0.3, 0.4) is 0 Å². The molecule has 5 heteroatoms. The number of amides is 1. The number of pyridine rings is 1.